The zero-order valence-electron chi connectivity index (χ0n) is 11.1. The molecule has 6 heteroatoms. The highest BCUT2D eigenvalue weighted by molar-refractivity contribution is 5.80. The molecule has 1 atom stereocenters. The third-order valence-electron chi connectivity index (χ3n) is 3.14. The van der Waals surface area contributed by atoms with Crippen LogP contribution in [0, 0.1) is 0 Å². The van der Waals surface area contributed by atoms with E-state index in [4.69, 9.17) is 10.5 Å². The number of amides is 1. The van der Waals surface area contributed by atoms with E-state index in [1.165, 1.54) is 0 Å². The van der Waals surface area contributed by atoms with Gasteiger partial charge in [-0.15, -0.1) is 0 Å². The van der Waals surface area contributed by atoms with Gasteiger partial charge in [-0.25, -0.2) is 4.98 Å². The van der Waals surface area contributed by atoms with Gasteiger partial charge in [0.05, 0.1) is 13.2 Å². The zero-order valence-corrected chi connectivity index (χ0v) is 11.1. The molecule has 1 saturated heterocycles. The Balaban J connectivity index is 2.00. The minimum absolute atomic E-state index is 0.336. The van der Waals surface area contributed by atoms with Gasteiger partial charge in [0, 0.05) is 25.8 Å². The van der Waals surface area contributed by atoms with Gasteiger partial charge in [0.25, 0.3) is 0 Å². The topological polar surface area (TPSA) is 80.5 Å². The molecular weight excluding hydrogens is 244 g/mol. The monoisotopic (exact) mass is 264 g/mol. The summed E-state index contributed by atoms with van der Waals surface area (Å²) in [4.78, 5) is 17.7. The number of rotatable bonds is 5. The minimum atomic E-state index is -0.345. The maximum absolute atomic E-state index is 11.4. The fourth-order valence-corrected chi connectivity index (χ4v) is 2.13. The second kappa shape index (κ2) is 6.49. The molecule has 0 saturated carbocycles. The molecule has 1 aliphatic heterocycles. The number of morpholine rings is 1. The number of nitrogens with one attached hydrogen (secondary N) is 1. The molecule has 1 aromatic rings. The molecule has 0 spiro atoms. The molecule has 2 heterocycles. The van der Waals surface area contributed by atoms with E-state index in [1.807, 2.05) is 30.2 Å². The summed E-state index contributed by atoms with van der Waals surface area (Å²) in [6.07, 6.45) is 1.82. The van der Waals surface area contributed by atoms with Crippen molar-refractivity contribution in [3.63, 3.8) is 0 Å². The molecule has 1 fully saturated rings. The molecule has 0 radical (unpaired) electrons. The van der Waals surface area contributed by atoms with Crippen molar-refractivity contribution >= 4 is 11.7 Å². The summed E-state index contributed by atoms with van der Waals surface area (Å²) in [5.74, 6) is 0.525. The fraction of sp³-hybridized carbons (Fsp3) is 0.538. The van der Waals surface area contributed by atoms with Gasteiger partial charge in [0.2, 0.25) is 5.91 Å². The predicted octanol–water partition coefficient (Wildman–Crippen LogP) is 0.200. The van der Waals surface area contributed by atoms with Crippen LogP contribution in [-0.2, 0) is 16.1 Å². The first-order chi connectivity index (χ1) is 9.20. The number of aromatic nitrogens is 1. The van der Waals surface area contributed by atoms with Crippen LogP contribution >= 0.6 is 0 Å². The molecule has 6 nitrogen and oxygen atoms in total. The lowest BCUT2D eigenvalue weighted by Crippen LogP contribution is -2.51. The van der Waals surface area contributed by atoms with E-state index in [1.54, 1.807) is 0 Å². The van der Waals surface area contributed by atoms with Crippen LogP contribution in [0.25, 0.3) is 0 Å². The maximum atomic E-state index is 11.4. The van der Waals surface area contributed by atoms with Gasteiger partial charge in [0.15, 0.2) is 0 Å². The number of carbonyl (C=O) groups excluding carboxylic acids is 1. The summed E-state index contributed by atoms with van der Waals surface area (Å²) in [6.45, 7) is 5.25. The standard InChI is InChI=1S/C13H20N4O2/c1-2-15-12-4-3-10(7-16-12)8-17-5-6-19-9-11(17)13(14)18/h3-4,7,11H,2,5-6,8-9H2,1H3,(H2,14,18)(H,15,16). The van der Waals surface area contributed by atoms with Crippen LogP contribution in [0.2, 0.25) is 0 Å². The van der Waals surface area contributed by atoms with Crippen molar-refractivity contribution in [3.05, 3.63) is 23.9 Å². The third kappa shape index (κ3) is 3.65. The summed E-state index contributed by atoms with van der Waals surface area (Å²) in [6, 6.07) is 3.61. The highest BCUT2D eigenvalue weighted by Gasteiger charge is 2.27. The number of hydrogen-bond donors (Lipinski definition) is 2. The first kappa shape index (κ1) is 13.8. The first-order valence-electron chi connectivity index (χ1n) is 6.50. The Hall–Kier alpha value is -1.66. The van der Waals surface area contributed by atoms with Gasteiger partial charge >= 0.3 is 0 Å². The van der Waals surface area contributed by atoms with Gasteiger partial charge in [0.1, 0.15) is 11.9 Å². The van der Waals surface area contributed by atoms with E-state index in [9.17, 15) is 4.79 Å². The molecule has 104 valence electrons. The van der Waals surface area contributed by atoms with Crippen molar-refractivity contribution < 1.29 is 9.53 Å². The van der Waals surface area contributed by atoms with E-state index in [2.05, 4.69) is 10.3 Å². The second-order valence-corrected chi connectivity index (χ2v) is 4.55. The number of nitrogens with zero attached hydrogens (tertiary/aromatic N) is 2. The fourth-order valence-electron chi connectivity index (χ4n) is 2.13. The van der Waals surface area contributed by atoms with Gasteiger partial charge in [-0.2, -0.15) is 0 Å². The molecule has 1 unspecified atom stereocenters. The molecule has 1 aromatic heterocycles. The summed E-state index contributed by atoms with van der Waals surface area (Å²) in [5.41, 5.74) is 6.45. The normalized spacial score (nSPS) is 20.2. The maximum Gasteiger partial charge on any atom is 0.237 e. The number of hydrogen-bond acceptors (Lipinski definition) is 5. The molecule has 0 aliphatic carbocycles. The van der Waals surface area contributed by atoms with Gasteiger partial charge < -0.3 is 15.8 Å². The lowest BCUT2D eigenvalue weighted by Gasteiger charge is -2.33. The molecular formula is C13H20N4O2. The Morgan fingerprint density at radius 2 is 2.47 bits per heavy atom. The van der Waals surface area contributed by atoms with Gasteiger partial charge in [-0.3, -0.25) is 9.69 Å². The van der Waals surface area contributed by atoms with Crippen molar-refractivity contribution in [2.45, 2.75) is 19.5 Å². The quantitative estimate of drug-likeness (QED) is 0.794. The van der Waals surface area contributed by atoms with Crippen LogP contribution in [-0.4, -0.2) is 48.1 Å². The molecule has 0 aromatic carbocycles. The molecule has 19 heavy (non-hydrogen) atoms. The van der Waals surface area contributed by atoms with E-state index >= 15 is 0 Å². The third-order valence-corrected chi connectivity index (χ3v) is 3.14. The van der Waals surface area contributed by atoms with Crippen LogP contribution in [0.15, 0.2) is 18.3 Å². The van der Waals surface area contributed by atoms with Crippen molar-refractivity contribution in [1.29, 1.82) is 0 Å². The Labute approximate surface area is 112 Å². The molecule has 1 aliphatic rings. The summed E-state index contributed by atoms with van der Waals surface area (Å²) >= 11 is 0. The lowest BCUT2D eigenvalue weighted by molar-refractivity contribution is -0.129. The molecule has 1 amide bonds. The highest BCUT2D eigenvalue weighted by Crippen LogP contribution is 2.13. The highest BCUT2D eigenvalue weighted by atomic mass is 16.5. The Morgan fingerprint density at radius 3 is 3.11 bits per heavy atom. The molecule has 3 N–H and O–H groups in total. The lowest BCUT2D eigenvalue weighted by atomic mass is 10.1. The van der Waals surface area contributed by atoms with E-state index in [0.717, 1.165) is 17.9 Å². The van der Waals surface area contributed by atoms with E-state index in [-0.39, 0.29) is 11.9 Å². The summed E-state index contributed by atoms with van der Waals surface area (Å²) in [7, 11) is 0. The SMILES string of the molecule is CCNc1ccc(CN2CCOCC2C(N)=O)cn1. The van der Waals surface area contributed by atoms with E-state index in [0.29, 0.717) is 26.3 Å². The summed E-state index contributed by atoms with van der Waals surface area (Å²) < 4.78 is 5.29. The van der Waals surface area contributed by atoms with Crippen LogP contribution < -0.4 is 11.1 Å². The Kier molecular flexibility index (Phi) is 4.70. The summed E-state index contributed by atoms with van der Waals surface area (Å²) in [5, 5.41) is 3.15. The minimum Gasteiger partial charge on any atom is -0.378 e. The van der Waals surface area contributed by atoms with Crippen molar-refractivity contribution in [2.75, 3.05) is 31.6 Å². The first-order valence-corrected chi connectivity index (χ1v) is 6.50. The van der Waals surface area contributed by atoms with Crippen LogP contribution in [0.5, 0.6) is 0 Å². The van der Waals surface area contributed by atoms with Crippen molar-refractivity contribution in [1.82, 2.24) is 9.88 Å². The van der Waals surface area contributed by atoms with Crippen LogP contribution in [0.3, 0.4) is 0 Å². The number of primary amides is 1. The number of nitrogens with two attached hydrogens (primary N) is 1. The van der Waals surface area contributed by atoms with Crippen molar-refractivity contribution in [2.24, 2.45) is 5.73 Å². The van der Waals surface area contributed by atoms with Gasteiger partial charge in [-0.1, -0.05) is 6.07 Å². The van der Waals surface area contributed by atoms with Crippen LogP contribution in [0.4, 0.5) is 5.82 Å². The van der Waals surface area contributed by atoms with E-state index < -0.39 is 0 Å². The second-order valence-electron chi connectivity index (χ2n) is 4.55. The predicted molar refractivity (Wildman–Crippen MR) is 72.6 cm³/mol. The number of ether oxygens (including phenoxy) is 1. The number of anilines is 1. The van der Waals surface area contributed by atoms with Gasteiger partial charge in [-0.05, 0) is 18.6 Å². The zero-order chi connectivity index (χ0) is 13.7. The Bertz CT molecular complexity index is 421. The smallest absolute Gasteiger partial charge is 0.237 e. The largest absolute Gasteiger partial charge is 0.378 e. The Morgan fingerprint density at radius 1 is 1.63 bits per heavy atom. The molecule has 0 bridgehead atoms. The average Bonchev–Trinajstić information content (AvgIpc) is 2.42. The molecule has 2 rings (SSSR count). The van der Waals surface area contributed by atoms with Crippen molar-refractivity contribution in [3.8, 4) is 0 Å². The van der Waals surface area contributed by atoms with Crippen LogP contribution in [0.1, 0.15) is 12.5 Å². The average molecular weight is 264 g/mol. The number of carbonyl (C=O) groups is 1. The number of pyridine rings is 1.